The van der Waals surface area contributed by atoms with Crippen LogP contribution in [0, 0.1) is 6.92 Å². The molecule has 0 saturated heterocycles. The lowest BCUT2D eigenvalue weighted by atomic mass is 10.1. The molecule has 0 bridgehead atoms. The van der Waals surface area contributed by atoms with Crippen LogP contribution in [0.5, 0.6) is 0 Å². The minimum atomic E-state index is -3.24. The van der Waals surface area contributed by atoms with Crippen LogP contribution < -0.4 is 5.56 Å². The third kappa shape index (κ3) is 3.50. The molecule has 28 heavy (non-hydrogen) atoms. The van der Waals surface area contributed by atoms with Crippen molar-refractivity contribution in [3.05, 3.63) is 81.7 Å². The molecule has 0 fully saturated rings. The maximum atomic E-state index is 13.1. The van der Waals surface area contributed by atoms with Crippen LogP contribution in [0.25, 0.3) is 21.3 Å². The largest absolute Gasteiger partial charge is 0.294 e. The molecular weight excluding hydrogens is 392 g/mol. The van der Waals surface area contributed by atoms with E-state index in [2.05, 4.69) is 4.98 Å². The van der Waals surface area contributed by atoms with Gasteiger partial charge in [0.1, 0.15) is 4.83 Å². The zero-order valence-electron chi connectivity index (χ0n) is 15.4. The maximum absolute atomic E-state index is 13.1. The van der Waals surface area contributed by atoms with Crippen LogP contribution in [0.2, 0.25) is 0 Å². The monoisotopic (exact) mass is 410 g/mol. The minimum Gasteiger partial charge on any atom is -0.294 e. The molecule has 0 aliphatic carbocycles. The van der Waals surface area contributed by atoms with Gasteiger partial charge in [-0.15, -0.1) is 11.3 Å². The van der Waals surface area contributed by atoms with Crippen molar-refractivity contribution in [2.45, 2.75) is 18.4 Å². The highest BCUT2D eigenvalue weighted by Crippen LogP contribution is 2.30. The van der Waals surface area contributed by atoms with E-state index in [4.69, 9.17) is 0 Å². The summed E-state index contributed by atoms with van der Waals surface area (Å²) >= 11 is 1.46. The predicted molar refractivity (Wildman–Crippen MR) is 113 cm³/mol. The normalized spacial score (nSPS) is 11.8. The number of hydrogen-bond donors (Lipinski definition) is 0. The highest BCUT2D eigenvalue weighted by molar-refractivity contribution is 7.90. The fourth-order valence-corrected chi connectivity index (χ4v) is 4.60. The summed E-state index contributed by atoms with van der Waals surface area (Å²) in [5.74, 6) is 0. The molecule has 0 N–H and O–H groups in total. The second kappa shape index (κ2) is 7.00. The Morgan fingerprint density at radius 3 is 2.36 bits per heavy atom. The van der Waals surface area contributed by atoms with Gasteiger partial charge in [-0.05, 0) is 30.2 Å². The summed E-state index contributed by atoms with van der Waals surface area (Å²) in [5.41, 5.74) is 3.78. The first kappa shape index (κ1) is 18.6. The molecule has 0 aliphatic heterocycles. The molecule has 5 nitrogen and oxygen atoms in total. The molecular formula is C21H18N2O3S2. The zero-order valence-corrected chi connectivity index (χ0v) is 17.0. The molecule has 2 aromatic heterocycles. The molecule has 4 aromatic rings. The molecule has 142 valence electrons. The summed E-state index contributed by atoms with van der Waals surface area (Å²) in [7, 11) is -3.24. The fourth-order valence-electron chi connectivity index (χ4n) is 3.06. The number of aryl methyl sites for hydroxylation is 1. The molecule has 2 heterocycles. The van der Waals surface area contributed by atoms with Crippen LogP contribution in [0.3, 0.4) is 0 Å². The van der Waals surface area contributed by atoms with Gasteiger partial charge in [0.15, 0.2) is 9.84 Å². The second-order valence-electron chi connectivity index (χ2n) is 6.79. The topological polar surface area (TPSA) is 69.0 Å². The number of nitrogens with zero attached hydrogens (tertiary/aromatic N) is 2. The second-order valence-corrected chi connectivity index (χ2v) is 9.66. The predicted octanol–water partition coefficient (Wildman–Crippen LogP) is 3.89. The van der Waals surface area contributed by atoms with Gasteiger partial charge < -0.3 is 0 Å². The third-order valence-corrected chi connectivity index (χ3v) is 6.64. The Kier molecular flexibility index (Phi) is 4.64. The molecule has 0 spiro atoms. The number of aromatic nitrogens is 2. The Morgan fingerprint density at radius 1 is 1.04 bits per heavy atom. The van der Waals surface area contributed by atoms with Crippen LogP contribution in [-0.2, 0) is 16.4 Å². The lowest BCUT2D eigenvalue weighted by molar-refractivity contribution is 0.602. The molecule has 0 radical (unpaired) electrons. The van der Waals surface area contributed by atoms with E-state index in [0.717, 1.165) is 22.3 Å². The number of hydrogen-bond acceptors (Lipinski definition) is 5. The number of rotatable bonds is 4. The molecule has 0 aliphatic rings. The van der Waals surface area contributed by atoms with Gasteiger partial charge in [0.25, 0.3) is 5.56 Å². The first-order chi connectivity index (χ1) is 13.3. The van der Waals surface area contributed by atoms with Crippen molar-refractivity contribution in [1.29, 1.82) is 0 Å². The summed E-state index contributed by atoms with van der Waals surface area (Å²) in [5, 5.41) is 2.58. The number of benzene rings is 2. The highest BCUT2D eigenvalue weighted by atomic mass is 32.2. The van der Waals surface area contributed by atoms with Crippen LogP contribution in [0.1, 0.15) is 11.1 Å². The summed E-state index contributed by atoms with van der Waals surface area (Å²) in [4.78, 5) is 18.5. The average molecular weight is 411 g/mol. The van der Waals surface area contributed by atoms with Gasteiger partial charge in [0.05, 0.1) is 23.2 Å². The van der Waals surface area contributed by atoms with Crippen molar-refractivity contribution < 1.29 is 8.42 Å². The Bertz CT molecular complexity index is 1320. The minimum absolute atomic E-state index is 0.103. The Hall–Kier alpha value is -2.77. The van der Waals surface area contributed by atoms with E-state index in [1.165, 1.54) is 17.6 Å². The average Bonchev–Trinajstić information content (AvgIpc) is 3.09. The highest BCUT2D eigenvalue weighted by Gasteiger charge is 2.14. The SMILES string of the molecule is Cc1ccc(-c2csc3ncn(Cc4ccc(S(C)(=O)=O)cc4)c(=O)c23)cc1. The van der Waals surface area contributed by atoms with Crippen molar-refractivity contribution in [2.24, 2.45) is 0 Å². The molecule has 0 atom stereocenters. The van der Waals surface area contributed by atoms with E-state index in [-0.39, 0.29) is 10.5 Å². The van der Waals surface area contributed by atoms with Gasteiger partial charge in [-0.3, -0.25) is 9.36 Å². The van der Waals surface area contributed by atoms with Crippen molar-refractivity contribution >= 4 is 31.4 Å². The van der Waals surface area contributed by atoms with Gasteiger partial charge >= 0.3 is 0 Å². The van der Waals surface area contributed by atoms with E-state index >= 15 is 0 Å². The number of fused-ring (bicyclic) bond motifs is 1. The summed E-state index contributed by atoms with van der Waals surface area (Å²) in [6.07, 6.45) is 2.72. The molecule has 0 saturated carbocycles. The van der Waals surface area contributed by atoms with Gasteiger partial charge in [-0.25, -0.2) is 13.4 Å². The molecule has 2 aromatic carbocycles. The zero-order chi connectivity index (χ0) is 19.9. The van der Waals surface area contributed by atoms with Crippen LogP contribution in [-0.4, -0.2) is 24.2 Å². The standard InChI is InChI=1S/C21H18N2O3S2/c1-14-3-7-16(8-4-14)18-12-27-20-19(18)21(24)23(13-22-20)11-15-5-9-17(10-6-15)28(2,25)26/h3-10,12-13H,11H2,1-2H3. The molecule has 7 heteroatoms. The van der Waals surface area contributed by atoms with E-state index in [1.54, 1.807) is 35.2 Å². The van der Waals surface area contributed by atoms with Gasteiger partial charge in [0, 0.05) is 17.2 Å². The van der Waals surface area contributed by atoms with Crippen molar-refractivity contribution in [3.8, 4) is 11.1 Å². The van der Waals surface area contributed by atoms with Crippen molar-refractivity contribution in [2.75, 3.05) is 6.26 Å². The Balaban J connectivity index is 1.75. The third-order valence-electron chi connectivity index (χ3n) is 4.63. The Labute approximate surface area is 166 Å². The molecule has 0 amide bonds. The number of thiophene rings is 1. The first-order valence-electron chi connectivity index (χ1n) is 8.65. The molecule has 4 rings (SSSR count). The summed E-state index contributed by atoms with van der Waals surface area (Å²) in [6.45, 7) is 2.36. The van der Waals surface area contributed by atoms with E-state index in [9.17, 15) is 13.2 Å². The van der Waals surface area contributed by atoms with Crippen LogP contribution in [0.4, 0.5) is 0 Å². The lowest BCUT2D eigenvalue weighted by Gasteiger charge is -2.07. The fraction of sp³-hybridized carbons (Fsp3) is 0.143. The number of sulfone groups is 1. The smallest absolute Gasteiger partial charge is 0.263 e. The Morgan fingerprint density at radius 2 is 1.71 bits per heavy atom. The van der Waals surface area contributed by atoms with Crippen molar-refractivity contribution in [3.63, 3.8) is 0 Å². The van der Waals surface area contributed by atoms with E-state index < -0.39 is 9.84 Å². The molecule has 0 unspecified atom stereocenters. The van der Waals surface area contributed by atoms with Gasteiger partial charge in [-0.2, -0.15) is 0 Å². The van der Waals surface area contributed by atoms with Crippen molar-refractivity contribution in [1.82, 2.24) is 9.55 Å². The summed E-state index contributed by atoms with van der Waals surface area (Å²) in [6, 6.07) is 14.6. The van der Waals surface area contributed by atoms with E-state index in [0.29, 0.717) is 16.8 Å². The van der Waals surface area contributed by atoms with Crippen LogP contribution in [0.15, 0.2) is 69.9 Å². The summed E-state index contributed by atoms with van der Waals surface area (Å²) < 4.78 is 24.8. The van der Waals surface area contributed by atoms with E-state index in [1.807, 2.05) is 36.6 Å². The maximum Gasteiger partial charge on any atom is 0.263 e. The quantitative estimate of drug-likeness (QED) is 0.512. The van der Waals surface area contributed by atoms with Gasteiger partial charge in [0.2, 0.25) is 0 Å². The first-order valence-corrected chi connectivity index (χ1v) is 11.4. The van der Waals surface area contributed by atoms with Crippen LogP contribution >= 0.6 is 11.3 Å². The van der Waals surface area contributed by atoms with Gasteiger partial charge in [-0.1, -0.05) is 42.0 Å². The lowest BCUT2D eigenvalue weighted by Crippen LogP contribution is -2.21.